The lowest BCUT2D eigenvalue weighted by molar-refractivity contribution is 0.0519. The maximum Gasteiger partial charge on any atom is 0.355 e. The van der Waals surface area contributed by atoms with Crippen LogP contribution in [-0.4, -0.2) is 28.5 Å². The Labute approximate surface area is 176 Å². The molecule has 2 aromatic heterocycles. The number of aryl methyl sites for hydroxylation is 2. The molecule has 3 aromatic rings. The topological polar surface area (TPSA) is 87.6 Å². The number of nitrogens with zero attached hydrogens (tertiary/aromatic N) is 1. The Morgan fingerprint density at radius 2 is 1.93 bits per heavy atom. The highest BCUT2D eigenvalue weighted by Crippen LogP contribution is 2.22. The van der Waals surface area contributed by atoms with Gasteiger partial charge in [-0.3, -0.25) is 0 Å². The first-order valence-electron chi connectivity index (χ1n) is 9.89. The van der Waals surface area contributed by atoms with E-state index in [2.05, 4.69) is 10.3 Å². The van der Waals surface area contributed by atoms with E-state index in [-0.39, 0.29) is 6.03 Å². The minimum atomic E-state index is -0.397. The molecule has 0 atom stereocenters. The van der Waals surface area contributed by atoms with Crippen molar-refractivity contribution in [2.75, 3.05) is 11.9 Å². The second kappa shape index (κ2) is 9.35. The summed E-state index contributed by atoms with van der Waals surface area (Å²) in [6.07, 6.45) is 1.58. The zero-order chi connectivity index (χ0) is 21.7. The molecule has 7 heteroatoms. The molecule has 0 radical (unpaired) electrons. The van der Waals surface area contributed by atoms with Gasteiger partial charge in [-0.2, -0.15) is 0 Å². The molecule has 7 nitrogen and oxygen atoms in total. The number of H-pyrrole nitrogens is 1. The average Bonchev–Trinajstić information content (AvgIpc) is 3.31. The Kier molecular flexibility index (Phi) is 6.61. The van der Waals surface area contributed by atoms with Gasteiger partial charge in [0.2, 0.25) is 0 Å². The number of amides is 2. The molecule has 0 fully saturated rings. The van der Waals surface area contributed by atoms with E-state index in [9.17, 15) is 9.59 Å². The summed E-state index contributed by atoms with van der Waals surface area (Å²) in [5, 5.41) is 2.95. The normalized spacial score (nSPS) is 10.7. The van der Waals surface area contributed by atoms with Gasteiger partial charge in [0.25, 0.3) is 0 Å². The molecular weight excluding hydrogens is 382 g/mol. The zero-order valence-electron chi connectivity index (χ0n) is 17.7. The van der Waals surface area contributed by atoms with Crippen LogP contribution in [0.3, 0.4) is 0 Å². The van der Waals surface area contributed by atoms with Crippen molar-refractivity contribution in [1.82, 2.24) is 9.88 Å². The molecule has 0 aliphatic carbocycles. The van der Waals surface area contributed by atoms with E-state index >= 15 is 0 Å². The fraction of sp³-hybridized carbons (Fsp3) is 0.304. The summed E-state index contributed by atoms with van der Waals surface area (Å²) >= 11 is 0. The van der Waals surface area contributed by atoms with Crippen LogP contribution >= 0.6 is 0 Å². The summed E-state index contributed by atoms with van der Waals surface area (Å²) in [5.74, 6) is 0.275. The number of hydrogen-bond donors (Lipinski definition) is 2. The minimum Gasteiger partial charge on any atom is -0.467 e. The standard InChI is InChI=1S/C23H27N3O4/c1-5-29-22(27)21-16(3)20(17(4)24-21)14-26(13-19-10-7-11-30-19)23(28)25-18-9-6-8-15(2)12-18/h6-12,24H,5,13-14H2,1-4H3,(H,25,28). The van der Waals surface area contributed by atoms with E-state index in [1.807, 2.05) is 51.1 Å². The fourth-order valence-electron chi connectivity index (χ4n) is 3.34. The molecule has 2 heterocycles. The van der Waals surface area contributed by atoms with Gasteiger partial charge in [-0.25, -0.2) is 9.59 Å². The first kappa shape index (κ1) is 21.2. The van der Waals surface area contributed by atoms with Gasteiger partial charge in [-0.05, 0) is 68.7 Å². The summed E-state index contributed by atoms with van der Waals surface area (Å²) in [6, 6.07) is 11.0. The summed E-state index contributed by atoms with van der Waals surface area (Å²) in [6.45, 7) is 8.39. The zero-order valence-corrected chi connectivity index (χ0v) is 17.7. The Bertz CT molecular complexity index is 1020. The number of urea groups is 1. The summed E-state index contributed by atoms with van der Waals surface area (Å²) in [7, 11) is 0. The van der Waals surface area contributed by atoms with Crippen LogP contribution in [-0.2, 0) is 17.8 Å². The SMILES string of the molecule is CCOC(=O)c1[nH]c(C)c(CN(Cc2ccco2)C(=O)Nc2cccc(C)c2)c1C. The third kappa shape index (κ3) is 4.92. The van der Waals surface area contributed by atoms with Crippen molar-refractivity contribution in [3.63, 3.8) is 0 Å². The van der Waals surface area contributed by atoms with E-state index in [4.69, 9.17) is 9.15 Å². The summed E-state index contributed by atoms with van der Waals surface area (Å²) in [4.78, 5) is 30.1. The molecule has 0 aliphatic rings. The molecule has 30 heavy (non-hydrogen) atoms. The van der Waals surface area contributed by atoms with Crippen LogP contribution in [0.1, 0.15) is 45.6 Å². The number of aromatic nitrogens is 1. The molecule has 0 saturated heterocycles. The average molecular weight is 409 g/mol. The smallest absolute Gasteiger partial charge is 0.355 e. The van der Waals surface area contributed by atoms with Crippen molar-refractivity contribution in [1.29, 1.82) is 0 Å². The first-order chi connectivity index (χ1) is 14.4. The Morgan fingerprint density at radius 3 is 2.60 bits per heavy atom. The van der Waals surface area contributed by atoms with Crippen LogP contribution in [0.25, 0.3) is 0 Å². The van der Waals surface area contributed by atoms with Crippen LogP contribution in [0.15, 0.2) is 47.1 Å². The quantitative estimate of drug-likeness (QED) is 0.541. The molecule has 0 saturated carbocycles. The number of furan rings is 1. The highest BCUT2D eigenvalue weighted by atomic mass is 16.5. The van der Waals surface area contributed by atoms with Crippen molar-refractivity contribution < 1.29 is 18.7 Å². The lowest BCUT2D eigenvalue weighted by Crippen LogP contribution is -2.34. The summed E-state index contributed by atoms with van der Waals surface area (Å²) in [5.41, 5.74) is 4.67. The minimum absolute atomic E-state index is 0.255. The molecule has 0 bridgehead atoms. The maximum atomic E-state index is 13.1. The highest BCUT2D eigenvalue weighted by molar-refractivity contribution is 5.91. The van der Waals surface area contributed by atoms with Gasteiger partial charge in [-0.1, -0.05) is 12.1 Å². The summed E-state index contributed by atoms with van der Waals surface area (Å²) < 4.78 is 10.6. The molecule has 2 amide bonds. The van der Waals surface area contributed by atoms with Gasteiger partial charge in [0.1, 0.15) is 11.5 Å². The van der Waals surface area contributed by atoms with Crippen molar-refractivity contribution in [2.24, 2.45) is 0 Å². The number of benzene rings is 1. The molecule has 2 N–H and O–H groups in total. The number of ether oxygens (including phenoxy) is 1. The van der Waals surface area contributed by atoms with Gasteiger partial charge in [0.05, 0.1) is 19.4 Å². The lowest BCUT2D eigenvalue weighted by atomic mass is 10.1. The Hall–Kier alpha value is -3.48. The number of nitrogens with one attached hydrogen (secondary N) is 2. The predicted molar refractivity (Wildman–Crippen MR) is 114 cm³/mol. The third-order valence-electron chi connectivity index (χ3n) is 4.90. The van der Waals surface area contributed by atoms with Crippen molar-refractivity contribution in [3.8, 4) is 0 Å². The molecule has 0 unspecified atom stereocenters. The number of carbonyl (C=O) groups excluding carboxylic acids is 2. The molecule has 158 valence electrons. The fourth-order valence-corrected chi connectivity index (χ4v) is 3.34. The largest absolute Gasteiger partial charge is 0.467 e. The number of anilines is 1. The van der Waals surface area contributed by atoms with Crippen LogP contribution in [0.2, 0.25) is 0 Å². The third-order valence-corrected chi connectivity index (χ3v) is 4.90. The van der Waals surface area contributed by atoms with Gasteiger partial charge in [0.15, 0.2) is 0 Å². The Balaban J connectivity index is 1.86. The molecule has 3 rings (SSSR count). The van der Waals surface area contributed by atoms with Gasteiger partial charge < -0.3 is 24.4 Å². The van der Waals surface area contributed by atoms with Crippen LogP contribution in [0.5, 0.6) is 0 Å². The van der Waals surface area contributed by atoms with Crippen molar-refractivity contribution >= 4 is 17.7 Å². The molecular formula is C23H27N3O4. The van der Waals surface area contributed by atoms with E-state index in [0.29, 0.717) is 31.2 Å². The number of esters is 1. The number of rotatable bonds is 7. The first-order valence-corrected chi connectivity index (χ1v) is 9.89. The predicted octanol–water partition coefficient (Wildman–Crippen LogP) is 4.94. The van der Waals surface area contributed by atoms with Gasteiger partial charge in [-0.15, -0.1) is 0 Å². The number of carbonyl (C=O) groups is 2. The second-order valence-electron chi connectivity index (χ2n) is 7.18. The van der Waals surface area contributed by atoms with Crippen molar-refractivity contribution in [3.05, 3.63) is 76.5 Å². The lowest BCUT2D eigenvalue weighted by Gasteiger charge is -2.23. The van der Waals surface area contributed by atoms with E-state index in [0.717, 1.165) is 28.1 Å². The molecule has 0 spiro atoms. The molecule has 0 aliphatic heterocycles. The van der Waals surface area contributed by atoms with Gasteiger partial charge in [0, 0.05) is 17.9 Å². The second-order valence-corrected chi connectivity index (χ2v) is 7.18. The highest BCUT2D eigenvalue weighted by Gasteiger charge is 2.23. The van der Waals surface area contributed by atoms with Crippen LogP contribution < -0.4 is 5.32 Å². The molecule has 1 aromatic carbocycles. The van der Waals surface area contributed by atoms with Crippen molar-refractivity contribution in [2.45, 2.75) is 40.8 Å². The van der Waals surface area contributed by atoms with E-state index in [1.165, 1.54) is 0 Å². The van der Waals surface area contributed by atoms with Crippen LogP contribution in [0, 0.1) is 20.8 Å². The Morgan fingerprint density at radius 1 is 1.13 bits per heavy atom. The van der Waals surface area contributed by atoms with E-state index in [1.54, 1.807) is 24.2 Å². The number of hydrogen-bond acceptors (Lipinski definition) is 4. The van der Waals surface area contributed by atoms with Gasteiger partial charge >= 0.3 is 12.0 Å². The monoisotopic (exact) mass is 409 g/mol. The van der Waals surface area contributed by atoms with Crippen LogP contribution in [0.4, 0.5) is 10.5 Å². The van der Waals surface area contributed by atoms with E-state index < -0.39 is 5.97 Å². The maximum absolute atomic E-state index is 13.1. The number of aromatic amines is 1.